The normalized spacial score (nSPS) is 24.1. The molecule has 16 nitrogen and oxygen atoms in total. The van der Waals surface area contributed by atoms with Crippen molar-refractivity contribution in [2.75, 3.05) is 28.2 Å². The third-order valence-electron chi connectivity index (χ3n) is 13.2. The first-order valence-electron chi connectivity index (χ1n) is 25.8. The van der Waals surface area contributed by atoms with Crippen molar-refractivity contribution in [2.24, 2.45) is 23.7 Å². The van der Waals surface area contributed by atoms with Crippen LogP contribution in [-0.2, 0) is 76.6 Å². The number of benzene rings is 2. The van der Waals surface area contributed by atoms with Gasteiger partial charge >= 0.3 is 23.9 Å². The van der Waals surface area contributed by atoms with Gasteiger partial charge in [-0.1, -0.05) is 110 Å². The Morgan fingerprint density at radius 3 is 1.08 bits per heavy atom. The van der Waals surface area contributed by atoms with E-state index in [2.05, 4.69) is 5.38 Å². The summed E-state index contributed by atoms with van der Waals surface area (Å²) in [6.45, 7) is 17.6. The minimum Gasteiger partial charge on any atom is -0.451 e. The van der Waals surface area contributed by atoms with Gasteiger partial charge in [-0.2, -0.15) is 11.3 Å². The second kappa shape index (κ2) is 28.0. The quantitative estimate of drug-likeness (QED) is 0.116. The van der Waals surface area contributed by atoms with E-state index < -0.39 is 96.1 Å². The van der Waals surface area contributed by atoms with Crippen molar-refractivity contribution in [3.63, 3.8) is 0 Å². The van der Waals surface area contributed by atoms with Crippen LogP contribution in [0, 0.1) is 23.7 Å². The molecule has 2 aromatic carbocycles. The van der Waals surface area contributed by atoms with Gasteiger partial charge in [0.2, 0.25) is 0 Å². The molecule has 0 unspecified atom stereocenters. The first-order chi connectivity index (χ1) is 34.8. The van der Waals surface area contributed by atoms with Crippen molar-refractivity contribution in [1.82, 2.24) is 19.6 Å². The first kappa shape index (κ1) is 60.5. The molecule has 0 N–H and O–H groups in total. The van der Waals surface area contributed by atoms with Crippen LogP contribution in [0.4, 0.5) is 0 Å². The summed E-state index contributed by atoms with van der Waals surface area (Å²) >= 11 is 1.60. The summed E-state index contributed by atoms with van der Waals surface area (Å²) in [7, 11) is 5.59. The molecule has 3 aromatic rings. The Bertz CT molecular complexity index is 2340. The number of carbonyl (C=O) groups excluding carboxylic acids is 8. The van der Waals surface area contributed by atoms with Crippen LogP contribution in [0.15, 0.2) is 71.4 Å². The number of hydrogen-bond donors (Lipinski definition) is 0. The summed E-state index contributed by atoms with van der Waals surface area (Å²) in [5.41, 5.74) is 3.47. The van der Waals surface area contributed by atoms with Gasteiger partial charge in [-0.15, -0.1) is 0 Å². The topological polar surface area (TPSA) is 186 Å². The summed E-state index contributed by atoms with van der Waals surface area (Å²) < 4.78 is 24.0. The van der Waals surface area contributed by atoms with Gasteiger partial charge in [-0.25, -0.2) is 19.2 Å². The Morgan fingerprint density at radius 2 is 0.743 bits per heavy atom. The van der Waals surface area contributed by atoms with E-state index in [1.165, 1.54) is 46.9 Å². The Morgan fingerprint density at radius 1 is 0.419 bits per heavy atom. The van der Waals surface area contributed by atoms with Crippen molar-refractivity contribution < 1.29 is 57.3 Å². The number of amides is 4. The maximum Gasteiger partial charge on any atom is 0.329 e. The van der Waals surface area contributed by atoms with Crippen LogP contribution in [0.3, 0.4) is 0 Å². The van der Waals surface area contributed by atoms with Crippen molar-refractivity contribution in [1.29, 1.82) is 0 Å². The molecule has 17 heteroatoms. The molecule has 0 spiro atoms. The number of cyclic esters (lactones) is 4. The van der Waals surface area contributed by atoms with Gasteiger partial charge in [-0.3, -0.25) is 19.2 Å². The van der Waals surface area contributed by atoms with Crippen LogP contribution in [0.2, 0.25) is 0 Å². The minimum atomic E-state index is -1.50. The number of esters is 4. The average molecular weight is 1050 g/mol. The summed E-state index contributed by atoms with van der Waals surface area (Å²) in [4.78, 5) is 121. The molecule has 1 aliphatic rings. The van der Waals surface area contributed by atoms with Crippen LogP contribution in [-0.4, -0.2) is 144 Å². The standard InChI is InChI=1S/C57H80N4O12S/c1-34(2)26-44-54(66)70-39(10)51(63)59(12)47(29-37(7)8)57(69)73-49(32-42-22-20-41(21-23-42)30-43-24-25-74-33-43)53(65)61(14)45(27-35(3)4)55(67)71-38(9)50(62)58(11)46(28-36(5)6)56(68)72-48(52(64)60(44)13)31-40-18-16-15-17-19-40/h15-25,33-39,44-49H,26-32H2,1-14H3/t38-,39-,44+,45+,46+,47+,48-,49-/m1/s1. The highest BCUT2D eigenvalue weighted by Crippen LogP contribution is 2.25. The molecule has 1 saturated heterocycles. The number of likely N-dealkylation sites (N-methyl/N-ethyl adjacent to an activating group) is 4. The molecule has 1 fully saturated rings. The molecular weight excluding hydrogens is 965 g/mol. The van der Waals surface area contributed by atoms with Crippen molar-refractivity contribution in [3.8, 4) is 0 Å². The summed E-state index contributed by atoms with van der Waals surface area (Å²) in [5, 5.41) is 4.07. The van der Waals surface area contributed by atoms with Gasteiger partial charge in [0.1, 0.15) is 24.2 Å². The van der Waals surface area contributed by atoms with Crippen molar-refractivity contribution >= 4 is 58.8 Å². The number of ether oxygens (including phenoxy) is 4. The van der Waals surface area contributed by atoms with E-state index >= 15 is 0 Å². The lowest BCUT2D eigenvalue weighted by atomic mass is 9.99. The van der Waals surface area contributed by atoms with E-state index in [1.807, 2.05) is 91.1 Å². The molecule has 0 aliphatic carbocycles. The number of thiophene rings is 1. The largest absolute Gasteiger partial charge is 0.451 e. The Hall–Kier alpha value is -6.10. The molecule has 74 heavy (non-hydrogen) atoms. The second-order valence-electron chi connectivity index (χ2n) is 21.4. The molecular formula is C57H80N4O12S. The number of rotatable bonds is 14. The molecule has 0 radical (unpaired) electrons. The lowest BCUT2D eigenvalue weighted by Gasteiger charge is -2.35. The van der Waals surface area contributed by atoms with Crippen LogP contribution < -0.4 is 0 Å². The molecule has 0 bridgehead atoms. The van der Waals surface area contributed by atoms with E-state index in [4.69, 9.17) is 18.9 Å². The van der Waals surface area contributed by atoms with Crippen LogP contribution >= 0.6 is 11.3 Å². The van der Waals surface area contributed by atoms with Crippen molar-refractivity contribution in [3.05, 3.63) is 93.7 Å². The molecule has 1 aromatic heterocycles. The molecule has 4 amide bonds. The van der Waals surface area contributed by atoms with E-state index in [0.29, 0.717) is 17.5 Å². The van der Waals surface area contributed by atoms with Crippen molar-refractivity contribution in [2.45, 2.75) is 163 Å². The zero-order valence-electron chi connectivity index (χ0n) is 45.9. The van der Waals surface area contributed by atoms with E-state index in [1.54, 1.807) is 41.7 Å². The van der Waals surface area contributed by atoms with Crippen LogP contribution in [0.25, 0.3) is 0 Å². The predicted molar refractivity (Wildman–Crippen MR) is 282 cm³/mol. The highest BCUT2D eigenvalue weighted by atomic mass is 32.1. The number of nitrogens with zero attached hydrogens (tertiary/aromatic N) is 4. The Labute approximate surface area is 442 Å². The predicted octanol–water partition coefficient (Wildman–Crippen LogP) is 7.32. The second-order valence-corrected chi connectivity index (χ2v) is 22.2. The molecule has 2 heterocycles. The zero-order valence-corrected chi connectivity index (χ0v) is 46.7. The maximum atomic E-state index is 14.9. The van der Waals surface area contributed by atoms with E-state index in [-0.39, 0.29) is 62.2 Å². The molecule has 0 saturated carbocycles. The van der Waals surface area contributed by atoms with Crippen LogP contribution in [0.1, 0.15) is 117 Å². The lowest BCUT2D eigenvalue weighted by Crippen LogP contribution is -2.55. The van der Waals surface area contributed by atoms with Gasteiger partial charge < -0.3 is 38.5 Å². The summed E-state index contributed by atoms with van der Waals surface area (Å²) in [6, 6.07) is 13.5. The van der Waals surface area contributed by atoms with Gasteiger partial charge in [-0.05, 0) is 109 Å². The fourth-order valence-electron chi connectivity index (χ4n) is 8.95. The van der Waals surface area contributed by atoms with E-state index in [0.717, 1.165) is 25.8 Å². The smallest absolute Gasteiger partial charge is 0.329 e. The van der Waals surface area contributed by atoms with Crippen LogP contribution in [0.5, 0.6) is 0 Å². The van der Waals surface area contributed by atoms with Gasteiger partial charge in [0.15, 0.2) is 24.4 Å². The van der Waals surface area contributed by atoms with Gasteiger partial charge in [0.05, 0.1) is 0 Å². The third kappa shape index (κ3) is 17.2. The summed E-state index contributed by atoms with van der Waals surface area (Å²) in [6.07, 6.45) is -4.96. The van der Waals surface area contributed by atoms with Gasteiger partial charge in [0.25, 0.3) is 23.6 Å². The number of carbonyl (C=O) groups is 8. The molecule has 4 rings (SSSR count). The average Bonchev–Trinajstić information content (AvgIpc) is 3.86. The van der Waals surface area contributed by atoms with E-state index in [9.17, 15) is 38.4 Å². The fourth-order valence-corrected chi connectivity index (χ4v) is 9.61. The minimum absolute atomic E-state index is 0.0845. The number of hydrogen-bond acceptors (Lipinski definition) is 13. The monoisotopic (exact) mass is 1040 g/mol. The first-order valence-corrected chi connectivity index (χ1v) is 26.7. The fraction of sp³-hybridized carbons (Fsp3) is 0.579. The molecule has 406 valence electrons. The molecule has 1 aliphatic heterocycles. The van der Waals surface area contributed by atoms with Gasteiger partial charge in [0, 0.05) is 41.0 Å². The SMILES string of the molecule is CC(C)C[C@H]1C(=O)O[C@H](Cc2ccc(Cc3ccsc3)cc2)C(=O)N(C)[C@@H](CC(C)C)C(=O)O[C@H](C)C(=O)N(C)[C@@H](CC(C)C)C(=O)O[C@H](Cc2ccccc2)C(=O)N(C)[C@@H](CC(C)C)C(=O)O[C@H](C)C(=O)N1C. The maximum absolute atomic E-state index is 14.9. The Balaban J connectivity index is 1.85. The lowest BCUT2D eigenvalue weighted by molar-refractivity contribution is -0.176. The highest BCUT2D eigenvalue weighted by molar-refractivity contribution is 7.07. The summed E-state index contributed by atoms with van der Waals surface area (Å²) in [5.74, 6) is -7.18. The zero-order chi connectivity index (χ0) is 55.1. The molecule has 8 atom stereocenters. The third-order valence-corrected chi connectivity index (χ3v) is 13.9. The highest BCUT2D eigenvalue weighted by Gasteiger charge is 2.43. The Kier molecular flexibility index (Phi) is 22.9.